The Morgan fingerprint density at radius 3 is 2.40 bits per heavy atom. The van der Waals surface area contributed by atoms with Gasteiger partial charge in [0.25, 0.3) is 0 Å². The Bertz CT molecular complexity index is 1060. The highest BCUT2D eigenvalue weighted by Gasteiger charge is 2.18. The van der Waals surface area contributed by atoms with Crippen molar-refractivity contribution in [3.05, 3.63) is 78.1 Å². The maximum absolute atomic E-state index is 12.5. The van der Waals surface area contributed by atoms with Crippen LogP contribution in [-0.4, -0.2) is 23.4 Å². The van der Waals surface area contributed by atoms with E-state index in [9.17, 15) is 4.79 Å². The van der Waals surface area contributed by atoms with Gasteiger partial charge in [0.15, 0.2) is 0 Å². The summed E-state index contributed by atoms with van der Waals surface area (Å²) in [6.07, 6.45) is 0.157. The summed E-state index contributed by atoms with van der Waals surface area (Å²) in [5.74, 6) is -0.252. The predicted molar refractivity (Wildman–Crippen MR) is 98.6 cm³/mol. The van der Waals surface area contributed by atoms with E-state index in [0.29, 0.717) is 0 Å². The van der Waals surface area contributed by atoms with Crippen LogP contribution in [0.25, 0.3) is 21.8 Å². The number of aromatic nitrogens is 2. The first-order valence-electron chi connectivity index (χ1n) is 8.06. The first kappa shape index (κ1) is 15.5. The molecule has 5 heteroatoms. The average molecular weight is 326 g/mol. The molecule has 0 bridgehead atoms. The second kappa shape index (κ2) is 6.44. The Hall–Kier alpha value is -3.08. The molecule has 0 fully saturated rings. The molecular formula is C20H15BN2O2. The summed E-state index contributed by atoms with van der Waals surface area (Å²) in [6.45, 7) is 0.204. The van der Waals surface area contributed by atoms with Crippen LogP contribution in [0.1, 0.15) is 16.2 Å². The van der Waals surface area contributed by atoms with E-state index >= 15 is 0 Å². The van der Waals surface area contributed by atoms with Crippen LogP contribution in [0.2, 0.25) is 0 Å². The fourth-order valence-electron chi connectivity index (χ4n) is 2.94. The van der Waals surface area contributed by atoms with Crippen LogP contribution in [0, 0.1) is 0 Å². The number of carbonyl (C=O) groups is 1. The second-order valence-corrected chi connectivity index (χ2v) is 5.80. The number of benzene rings is 3. The van der Waals surface area contributed by atoms with Crippen molar-refractivity contribution in [1.82, 2.24) is 9.55 Å². The molecule has 0 aliphatic carbocycles. The normalized spacial score (nSPS) is 11.0. The van der Waals surface area contributed by atoms with Gasteiger partial charge in [0.05, 0.1) is 18.9 Å². The van der Waals surface area contributed by atoms with Crippen molar-refractivity contribution in [1.29, 1.82) is 0 Å². The number of hydrogen-bond acceptors (Lipinski definition) is 3. The number of ether oxygens (including phenoxy) is 1. The first-order chi connectivity index (χ1) is 12.3. The van der Waals surface area contributed by atoms with Gasteiger partial charge in [-0.1, -0.05) is 54.6 Å². The average Bonchev–Trinajstić information content (AvgIpc) is 3.02. The van der Waals surface area contributed by atoms with Gasteiger partial charge in [0.2, 0.25) is 5.82 Å². The molecule has 0 atom stereocenters. The van der Waals surface area contributed by atoms with Crippen LogP contribution in [0.4, 0.5) is 0 Å². The summed E-state index contributed by atoms with van der Waals surface area (Å²) in [6, 6.07) is 21.5. The lowest BCUT2D eigenvalue weighted by molar-refractivity contribution is 0.0454. The largest absolute Gasteiger partial charge is 0.455 e. The van der Waals surface area contributed by atoms with Crippen LogP contribution in [-0.2, 0) is 17.8 Å². The lowest BCUT2D eigenvalue weighted by atomic mass is 10.1. The van der Waals surface area contributed by atoms with E-state index < -0.39 is 5.97 Å². The monoisotopic (exact) mass is 326 g/mol. The fourth-order valence-corrected chi connectivity index (χ4v) is 2.94. The Labute approximate surface area is 146 Å². The van der Waals surface area contributed by atoms with E-state index in [1.807, 2.05) is 66.7 Å². The third-order valence-electron chi connectivity index (χ3n) is 4.19. The second-order valence-electron chi connectivity index (χ2n) is 5.80. The highest BCUT2D eigenvalue weighted by atomic mass is 16.5. The Morgan fingerprint density at radius 1 is 1.00 bits per heavy atom. The van der Waals surface area contributed by atoms with Gasteiger partial charge >= 0.3 is 5.97 Å². The summed E-state index contributed by atoms with van der Waals surface area (Å²) in [4.78, 5) is 17.0. The molecule has 0 N–H and O–H groups in total. The minimum Gasteiger partial charge on any atom is -0.455 e. The van der Waals surface area contributed by atoms with Gasteiger partial charge in [-0.3, -0.25) is 0 Å². The number of imidazole rings is 1. The van der Waals surface area contributed by atoms with Crippen molar-refractivity contribution < 1.29 is 9.53 Å². The zero-order chi connectivity index (χ0) is 17.2. The van der Waals surface area contributed by atoms with Gasteiger partial charge in [-0.2, -0.15) is 0 Å². The van der Waals surface area contributed by atoms with E-state index in [2.05, 4.69) is 4.98 Å². The van der Waals surface area contributed by atoms with Crippen molar-refractivity contribution in [2.45, 2.75) is 13.1 Å². The molecular weight excluding hydrogens is 311 g/mol. The zero-order valence-corrected chi connectivity index (χ0v) is 13.6. The van der Waals surface area contributed by atoms with E-state index in [0.717, 1.165) is 27.4 Å². The van der Waals surface area contributed by atoms with Gasteiger partial charge in [0, 0.05) is 0 Å². The van der Waals surface area contributed by atoms with Crippen LogP contribution >= 0.6 is 0 Å². The number of hydrogen-bond donors (Lipinski definition) is 0. The smallest absolute Gasteiger partial charge is 0.374 e. The van der Waals surface area contributed by atoms with E-state index in [-0.39, 0.29) is 18.9 Å². The fraction of sp³-hybridized carbons (Fsp3) is 0.100. The number of carbonyl (C=O) groups excluding carboxylic acids is 1. The molecule has 0 aliphatic rings. The van der Waals surface area contributed by atoms with Gasteiger partial charge in [-0.25, -0.2) is 9.78 Å². The van der Waals surface area contributed by atoms with Gasteiger partial charge < -0.3 is 9.30 Å². The molecule has 0 spiro atoms. The molecule has 1 aromatic heterocycles. The van der Waals surface area contributed by atoms with E-state index in [4.69, 9.17) is 12.6 Å². The third-order valence-corrected chi connectivity index (χ3v) is 4.19. The zero-order valence-electron chi connectivity index (χ0n) is 13.6. The topological polar surface area (TPSA) is 44.1 Å². The molecule has 2 radical (unpaired) electrons. The van der Waals surface area contributed by atoms with Crippen LogP contribution in [0.3, 0.4) is 0 Å². The SMILES string of the molecule is [B]Cn1c(C(=O)OCc2ccccc2)nc2cc3ccccc3cc21. The Kier molecular flexibility index (Phi) is 3.98. The molecule has 4 nitrogen and oxygen atoms in total. The highest BCUT2D eigenvalue weighted by molar-refractivity contribution is 6.08. The number of nitrogens with zero attached hydrogens (tertiary/aromatic N) is 2. The Balaban J connectivity index is 1.70. The molecule has 0 amide bonds. The molecule has 0 aliphatic heterocycles. The predicted octanol–water partition coefficient (Wildman–Crippen LogP) is 3.67. The number of rotatable bonds is 4. The highest BCUT2D eigenvalue weighted by Crippen LogP contribution is 2.24. The molecule has 0 saturated heterocycles. The number of fused-ring (bicyclic) bond motifs is 2. The van der Waals surface area contributed by atoms with Crippen molar-refractivity contribution in [3.8, 4) is 0 Å². The maximum Gasteiger partial charge on any atom is 0.374 e. The lowest BCUT2D eigenvalue weighted by Gasteiger charge is -2.07. The number of esters is 1. The summed E-state index contributed by atoms with van der Waals surface area (Å²) >= 11 is 0. The summed E-state index contributed by atoms with van der Waals surface area (Å²) in [5.41, 5.74) is 2.49. The van der Waals surface area contributed by atoms with Gasteiger partial charge in [0.1, 0.15) is 6.61 Å². The minimum absolute atomic E-state index is 0.157. The summed E-state index contributed by atoms with van der Waals surface area (Å²) < 4.78 is 7.10. The van der Waals surface area contributed by atoms with Crippen LogP contribution < -0.4 is 0 Å². The molecule has 1 heterocycles. The van der Waals surface area contributed by atoms with Crippen LogP contribution in [0.5, 0.6) is 0 Å². The van der Waals surface area contributed by atoms with Crippen molar-refractivity contribution in [2.75, 3.05) is 0 Å². The van der Waals surface area contributed by atoms with E-state index in [1.54, 1.807) is 4.57 Å². The van der Waals surface area contributed by atoms with Crippen LogP contribution in [0.15, 0.2) is 66.7 Å². The van der Waals surface area contributed by atoms with Crippen molar-refractivity contribution >= 4 is 35.6 Å². The lowest BCUT2D eigenvalue weighted by Crippen LogP contribution is -2.13. The standard InChI is InChI=1S/C20H15BN2O2/c21-13-23-18-11-16-9-5-4-8-15(16)10-17(18)22-19(23)20(24)25-12-14-6-2-1-3-7-14/h1-11H,12-13H2. The molecule has 25 heavy (non-hydrogen) atoms. The maximum atomic E-state index is 12.5. The molecule has 3 aromatic carbocycles. The van der Waals surface area contributed by atoms with E-state index in [1.165, 1.54) is 0 Å². The molecule has 4 rings (SSSR count). The Morgan fingerprint density at radius 2 is 1.68 bits per heavy atom. The quantitative estimate of drug-likeness (QED) is 0.424. The molecule has 0 unspecified atom stereocenters. The third kappa shape index (κ3) is 2.89. The minimum atomic E-state index is -0.477. The van der Waals surface area contributed by atoms with Gasteiger partial charge in [-0.15, -0.1) is 0 Å². The molecule has 4 aromatic rings. The molecule has 120 valence electrons. The first-order valence-corrected chi connectivity index (χ1v) is 8.06. The van der Waals surface area contributed by atoms with Crippen molar-refractivity contribution in [2.24, 2.45) is 0 Å². The summed E-state index contributed by atoms with van der Waals surface area (Å²) in [7, 11) is 5.87. The van der Waals surface area contributed by atoms with Crippen molar-refractivity contribution in [3.63, 3.8) is 0 Å². The van der Waals surface area contributed by atoms with Gasteiger partial charge in [-0.05, 0) is 34.9 Å². The molecule has 0 saturated carbocycles. The summed E-state index contributed by atoms with van der Waals surface area (Å²) in [5, 5.41) is 2.15.